The van der Waals surface area contributed by atoms with Crippen molar-refractivity contribution in [1.82, 2.24) is 15.1 Å². The van der Waals surface area contributed by atoms with Gasteiger partial charge in [-0.2, -0.15) is 5.10 Å². The van der Waals surface area contributed by atoms with Gasteiger partial charge in [-0.05, 0) is 63.3 Å². The summed E-state index contributed by atoms with van der Waals surface area (Å²) in [5, 5.41) is 7.84. The fourth-order valence-electron chi connectivity index (χ4n) is 4.22. The van der Waals surface area contributed by atoms with E-state index in [2.05, 4.69) is 17.3 Å². The highest BCUT2D eigenvalue weighted by Crippen LogP contribution is 2.30. The number of hydrogen-bond donors (Lipinski definition) is 1. The van der Waals surface area contributed by atoms with Crippen LogP contribution in [-0.2, 0) is 11.2 Å². The molecule has 4 nitrogen and oxygen atoms in total. The van der Waals surface area contributed by atoms with Crippen LogP contribution in [0.4, 0.5) is 4.39 Å². The molecule has 0 saturated heterocycles. The van der Waals surface area contributed by atoms with Crippen molar-refractivity contribution in [3.05, 3.63) is 47.0 Å². The summed E-state index contributed by atoms with van der Waals surface area (Å²) in [6, 6.07) is 6.57. The van der Waals surface area contributed by atoms with Gasteiger partial charge in [0.05, 0.1) is 17.8 Å². The quantitative estimate of drug-likeness (QED) is 0.770. The van der Waals surface area contributed by atoms with Gasteiger partial charge in [0.25, 0.3) is 0 Å². The lowest BCUT2D eigenvalue weighted by molar-refractivity contribution is -0.121. The van der Waals surface area contributed by atoms with Gasteiger partial charge in [-0.15, -0.1) is 0 Å². The minimum Gasteiger partial charge on any atom is -0.353 e. The predicted molar refractivity (Wildman–Crippen MR) is 105 cm³/mol. The van der Waals surface area contributed by atoms with Gasteiger partial charge in [0.15, 0.2) is 0 Å². The Morgan fingerprint density at radius 1 is 1.26 bits per heavy atom. The minimum atomic E-state index is -0.269. The third-order valence-electron chi connectivity index (χ3n) is 5.78. The van der Waals surface area contributed by atoms with Crippen molar-refractivity contribution in [1.29, 1.82) is 0 Å². The predicted octanol–water partition coefficient (Wildman–Crippen LogP) is 4.65. The number of carbonyl (C=O) groups is 1. The molecule has 27 heavy (non-hydrogen) atoms. The van der Waals surface area contributed by atoms with Gasteiger partial charge in [0.1, 0.15) is 5.82 Å². The molecule has 146 valence electrons. The van der Waals surface area contributed by atoms with Crippen LogP contribution in [0.2, 0.25) is 0 Å². The number of benzene rings is 1. The molecule has 0 aliphatic heterocycles. The highest BCUT2D eigenvalue weighted by Gasteiger charge is 2.28. The van der Waals surface area contributed by atoms with E-state index in [0.29, 0.717) is 18.4 Å². The lowest BCUT2D eigenvalue weighted by Crippen LogP contribution is -2.38. The summed E-state index contributed by atoms with van der Waals surface area (Å²) in [5.74, 6) is 0.431. The Kier molecular flexibility index (Phi) is 6.30. The second kappa shape index (κ2) is 8.68. The van der Waals surface area contributed by atoms with Crippen LogP contribution in [0.1, 0.15) is 62.4 Å². The van der Waals surface area contributed by atoms with Crippen LogP contribution in [0, 0.1) is 25.6 Å². The summed E-state index contributed by atoms with van der Waals surface area (Å²) in [7, 11) is 0. The van der Waals surface area contributed by atoms with Crippen LogP contribution in [0.25, 0.3) is 5.69 Å². The topological polar surface area (TPSA) is 46.9 Å². The van der Waals surface area contributed by atoms with Crippen LogP contribution in [0.5, 0.6) is 0 Å². The summed E-state index contributed by atoms with van der Waals surface area (Å²) in [6.45, 7) is 6.10. The zero-order chi connectivity index (χ0) is 19.4. The largest absolute Gasteiger partial charge is 0.353 e. The zero-order valence-electron chi connectivity index (χ0n) is 16.6. The van der Waals surface area contributed by atoms with Gasteiger partial charge in [0.2, 0.25) is 5.91 Å². The smallest absolute Gasteiger partial charge is 0.224 e. The van der Waals surface area contributed by atoms with Crippen LogP contribution in [0.15, 0.2) is 24.3 Å². The molecule has 2 aromatic rings. The Bertz CT molecular complexity index is 782. The van der Waals surface area contributed by atoms with Crippen molar-refractivity contribution >= 4 is 5.91 Å². The molecule has 0 radical (unpaired) electrons. The maximum absolute atomic E-state index is 13.2. The van der Waals surface area contributed by atoms with Crippen LogP contribution in [-0.4, -0.2) is 21.7 Å². The first-order chi connectivity index (χ1) is 13.0. The molecule has 1 aromatic carbocycles. The molecular formula is C22H30FN3O. The highest BCUT2D eigenvalue weighted by atomic mass is 19.1. The van der Waals surface area contributed by atoms with Gasteiger partial charge in [-0.3, -0.25) is 4.79 Å². The monoisotopic (exact) mass is 371 g/mol. The number of nitrogens with zero attached hydrogens (tertiary/aromatic N) is 2. The number of rotatable bonds is 7. The van der Waals surface area contributed by atoms with E-state index >= 15 is 0 Å². The molecule has 1 aliphatic rings. The van der Waals surface area contributed by atoms with E-state index in [1.54, 1.807) is 16.8 Å². The lowest BCUT2D eigenvalue weighted by Gasteiger charge is -2.21. The Hall–Kier alpha value is -2.17. The average Bonchev–Trinajstić information content (AvgIpc) is 3.19. The number of halogens is 1. The van der Waals surface area contributed by atoms with Crippen LogP contribution in [0.3, 0.4) is 0 Å². The summed E-state index contributed by atoms with van der Waals surface area (Å²) >= 11 is 0. The number of amides is 1. The Morgan fingerprint density at radius 2 is 2.00 bits per heavy atom. The van der Waals surface area contributed by atoms with E-state index in [4.69, 9.17) is 0 Å². The van der Waals surface area contributed by atoms with Gasteiger partial charge < -0.3 is 5.32 Å². The number of unbranched alkanes of at least 4 members (excludes halogenated alkanes) is 1. The molecule has 1 aliphatic carbocycles. The van der Waals surface area contributed by atoms with E-state index < -0.39 is 0 Å². The van der Waals surface area contributed by atoms with Crippen molar-refractivity contribution in [2.45, 2.75) is 71.8 Å². The van der Waals surface area contributed by atoms with E-state index in [9.17, 15) is 9.18 Å². The third kappa shape index (κ3) is 4.57. The molecular weight excluding hydrogens is 341 g/mol. The molecule has 3 rings (SSSR count). The maximum atomic E-state index is 13.2. The highest BCUT2D eigenvalue weighted by molar-refractivity contribution is 5.79. The Morgan fingerprint density at radius 3 is 2.70 bits per heavy atom. The number of hydrogen-bond acceptors (Lipinski definition) is 2. The molecule has 1 aromatic heterocycles. The molecule has 1 heterocycles. The van der Waals surface area contributed by atoms with Crippen molar-refractivity contribution in [2.75, 3.05) is 0 Å². The first kappa shape index (κ1) is 19.6. The summed E-state index contributed by atoms with van der Waals surface area (Å²) < 4.78 is 15.0. The molecule has 2 atom stereocenters. The van der Waals surface area contributed by atoms with E-state index in [0.717, 1.165) is 29.1 Å². The van der Waals surface area contributed by atoms with E-state index in [-0.39, 0.29) is 11.7 Å². The minimum absolute atomic E-state index is 0.0771. The molecule has 1 amide bonds. The molecule has 1 N–H and O–H groups in total. The fourth-order valence-corrected chi connectivity index (χ4v) is 4.22. The summed E-state index contributed by atoms with van der Waals surface area (Å²) in [5.41, 5.74) is 3.54. The van der Waals surface area contributed by atoms with Crippen molar-refractivity contribution < 1.29 is 9.18 Å². The first-order valence-corrected chi connectivity index (χ1v) is 10.1. The zero-order valence-corrected chi connectivity index (χ0v) is 16.6. The number of aromatic nitrogens is 2. The standard InChI is InChI=1S/C22H30FN3O/c1-4-5-7-17-8-6-9-21(17)24-22(27)14-20-15(2)25-26(16(20)3)19-12-10-18(23)11-13-19/h10-13,17,21H,4-9,14H2,1-3H3,(H,24,27). The molecule has 0 bridgehead atoms. The van der Waals surface area contributed by atoms with Crippen LogP contribution < -0.4 is 5.32 Å². The molecule has 1 saturated carbocycles. The van der Waals surface area contributed by atoms with Gasteiger partial charge >= 0.3 is 0 Å². The van der Waals surface area contributed by atoms with Crippen LogP contribution >= 0.6 is 0 Å². The number of aryl methyl sites for hydroxylation is 1. The Labute approximate surface area is 161 Å². The number of nitrogens with one attached hydrogen (secondary N) is 1. The van der Waals surface area contributed by atoms with Crippen molar-refractivity contribution in [2.24, 2.45) is 5.92 Å². The van der Waals surface area contributed by atoms with E-state index in [1.165, 1.54) is 44.2 Å². The SMILES string of the molecule is CCCCC1CCCC1NC(=O)Cc1c(C)nn(-c2ccc(F)cc2)c1C. The first-order valence-electron chi connectivity index (χ1n) is 10.1. The van der Waals surface area contributed by atoms with Gasteiger partial charge in [-0.25, -0.2) is 9.07 Å². The normalized spacial score (nSPS) is 19.4. The summed E-state index contributed by atoms with van der Waals surface area (Å²) in [4.78, 5) is 12.7. The molecule has 0 spiro atoms. The fraction of sp³-hybridized carbons (Fsp3) is 0.545. The lowest BCUT2D eigenvalue weighted by atomic mass is 9.96. The van der Waals surface area contributed by atoms with Crippen molar-refractivity contribution in [3.63, 3.8) is 0 Å². The van der Waals surface area contributed by atoms with E-state index in [1.807, 2.05) is 13.8 Å². The number of carbonyl (C=O) groups excluding carboxylic acids is 1. The Balaban J connectivity index is 1.68. The molecule has 5 heteroatoms. The molecule has 1 fully saturated rings. The van der Waals surface area contributed by atoms with Gasteiger partial charge in [0, 0.05) is 17.3 Å². The molecule has 2 unspecified atom stereocenters. The summed E-state index contributed by atoms with van der Waals surface area (Å²) in [6.07, 6.45) is 7.52. The van der Waals surface area contributed by atoms with Gasteiger partial charge in [-0.1, -0.05) is 26.2 Å². The van der Waals surface area contributed by atoms with Crippen molar-refractivity contribution in [3.8, 4) is 5.69 Å². The maximum Gasteiger partial charge on any atom is 0.224 e. The second-order valence-electron chi connectivity index (χ2n) is 7.72. The third-order valence-corrected chi connectivity index (χ3v) is 5.78. The average molecular weight is 372 g/mol. The second-order valence-corrected chi connectivity index (χ2v) is 7.72.